The van der Waals surface area contributed by atoms with Crippen LogP contribution < -0.4 is 9.47 Å². The van der Waals surface area contributed by atoms with E-state index in [9.17, 15) is 0 Å². The van der Waals surface area contributed by atoms with E-state index in [0.717, 1.165) is 24.3 Å². The zero-order valence-electron chi connectivity index (χ0n) is 12.9. The Morgan fingerprint density at radius 1 is 1.05 bits per heavy atom. The summed E-state index contributed by atoms with van der Waals surface area (Å²) in [4.78, 5) is 4.66. The van der Waals surface area contributed by atoms with Crippen LogP contribution in [0, 0.1) is 0 Å². The number of hydrogen-bond acceptors (Lipinski definition) is 3. The SMILES string of the molecule is CC(C)(C)Oc1ccc(OC2CC2)c(C(C)(C)C)n1. The van der Waals surface area contributed by atoms with E-state index >= 15 is 0 Å². The number of ether oxygens (including phenoxy) is 2. The highest BCUT2D eigenvalue weighted by molar-refractivity contribution is 5.36. The Kier molecular flexibility index (Phi) is 3.50. The summed E-state index contributed by atoms with van der Waals surface area (Å²) in [6.45, 7) is 12.5. The summed E-state index contributed by atoms with van der Waals surface area (Å²) >= 11 is 0. The molecule has 0 aliphatic heterocycles. The Hall–Kier alpha value is -1.25. The fourth-order valence-electron chi connectivity index (χ4n) is 1.80. The van der Waals surface area contributed by atoms with Crippen LogP contribution >= 0.6 is 0 Å². The van der Waals surface area contributed by atoms with Gasteiger partial charge in [0.15, 0.2) is 0 Å². The van der Waals surface area contributed by atoms with E-state index in [4.69, 9.17) is 9.47 Å². The van der Waals surface area contributed by atoms with Crippen molar-refractivity contribution in [2.24, 2.45) is 0 Å². The Morgan fingerprint density at radius 3 is 2.16 bits per heavy atom. The standard InChI is InChI=1S/C16H25NO2/c1-15(2,3)14-12(18-11-7-8-11)9-10-13(17-14)19-16(4,5)6/h9-11H,7-8H2,1-6H3. The van der Waals surface area contributed by atoms with Gasteiger partial charge in [0.05, 0.1) is 11.8 Å². The molecule has 1 fully saturated rings. The quantitative estimate of drug-likeness (QED) is 0.822. The Bertz CT molecular complexity index is 451. The van der Waals surface area contributed by atoms with Crippen LogP contribution in [0.5, 0.6) is 11.6 Å². The van der Waals surface area contributed by atoms with Gasteiger partial charge in [0.25, 0.3) is 0 Å². The Morgan fingerprint density at radius 2 is 1.68 bits per heavy atom. The first-order chi connectivity index (χ1) is 8.65. The van der Waals surface area contributed by atoms with Crippen molar-refractivity contribution in [2.75, 3.05) is 0 Å². The molecule has 0 N–H and O–H groups in total. The number of aromatic nitrogens is 1. The van der Waals surface area contributed by atoms with Crippen molar-refractivity contribution < 1.29 is 9.47 Å². The molecule has 0 amide bonds. The highest BCUT2D eigenvalue weighted by atomic mass is 16.5. The van der Waals surface area contributed by atoms with Gasteiger partial charge in [-0.05, 0) is 39.7 Å². The van der Waals surface area contributed by atoms with Gasteiger partial charge < -0.3 is 9.47 Å². The molecule has 1 aromatic rings. The Balaban J connectivity index is 2.29. The fraction of sp³-hybridized carbons (Fsp3) is 0.688. The van der Waals surface area contributed by atoms with E-state index < -0.39 is 0 Å². The van der Waals surface area contributed by atoms with E-state index in [1.165, 1.54) is 0 Å². The van der Waals surface area contributed by atoms with Crippen molar-refractivity contribution in [3.63, 3.8) is 0 Å². The van der Waals surface area contributed by atoms with Crippen LogP contribution in [0.4, 0.5) is 0 Å². The van der Waals surface area contributed by atoms with Gasteiger partial charge in [0.1, 0.15) is 11.4 Å². The Labute approximate surface area is 116 Å². The molecule has 1 aromatic heterocycles. The van der Waals surface area contributed by atoms with Crippen LogP contribution in [-0.4, -0.2) is 16.7 Å². The van der Waals surface area contributed by atoms with E-state index in [1.807, 2.05) is 32.9 Å². The second-order valence-corrected chi connectivity index (χ2v) is 7.28. The van der Waals surface area contributed by atoms with Gasteiger partial charge in [-0.15, -0.1) is 0 Å². The van der Waals surface area contributed by atoms with E-state index in [2.05, 4.69) is 25.8 Å². The van der Waals surface area contributed by atoms with Crippen molar-refractivity contribution >= 4 is 0 Å². The molecule has 2 rings (SSSR count). The molecule has 3 nitrogen and oxygen atoms in total. The topological polar surface area (TPSA) is 31.4 Å². The zero-order valence-corrected chi connectivity index (χ0v) is 12.9. The maximum atomic E-state index is 5.95. The first-order valence-corrected chi connectivity index (χ1v) is 7.02. The lowest BCUT2D eigenvalue weighted by Crippen LogP contribution is -2.25. The zero-order chi connectivity index (χ0) is 14.3. The van der Waals surface area contributed by atoms with Crippen molar-refractivity contribution in [1.82, 2.24) is 4.98 Å². The van der Waals surface area contributed by atoms with Gasteiger partial charge in [0.2, 0.25) is 5.88 Å². The van der Waals surface area contributed by atoms with Gasteiger partial charge in [-0.3, -0.25) is 0 Å². The normalized spacial score (nSPS) is 16.3. The molecule has 1 heterocycles. The van der Waals surface area contributed by atoms with Crippen molar-refractivity contribution in [3.05, 3.63) is 17.8 Å². The van der Waals surface area contributed by atoms with E-state index in [-0.39, 0.29) is 11.0 Å². The monoisotopic (exact) mass is 263 g/mol. The number of pyridine rings is 1. The summed E-state index contributed by atoms with van der Waals surface area (Å²) in [7, 11) is 0. The fourth-order valence-corrected chi connectivity index (χ4v) is 1.80. The molecule has 0 unspecified atom stereocenters. The average molecular weight is 263 g/mol. The number of rotatable bonds is 3. The van der Waals surface area contributed by atoms with Crippen LogP contribution in [0.1, 0.15) is 60.1 Å². The van der Waals surface area contributed by atoms with Gasteiger partial charge >= 0.3 is 0 Å². The van der Waals surface area contributed by atoms with Crippen molar-refractivity contribution in [2.45, 2.75) is 71.5 Å². The molecule has 1 aliphatic rings. The third-order valence-electron chi connectivity index (χ3n) is 2.77. The summed E-state index contributed by atoms with van der Waals surface area (Å²) < 4.78 is 11.8. The van der Waals surface area contributed by atoms with Crippen molar-refractivity contribution in [3.8, 4) is 11.6 Å². The lowest BCUT2D eigenvalue weighted by molar-refractivity contribution is 0.123. The maximum absolute atomic E-state index is 5.95. The van der Waals surface area contributed by atoms with Crippen LogP contribution in [0.2, 0.25) is 0 Å². The molecule has 3 heteroatoms. The number of hydrogen-bond donors (Lipinski definition) is 0. The lowest BCUT2D eigenvalue weighted by Gasteiger charge is -2.25. The van der Waals surface area contributed by atoms with Crippen LogP contribution in [-0.2, 0) is 5.41 Å². The first kappa shape index (κ1) is 14.2. The van der Waals surface area contributed by atoms with Gasteiger partial charge in [-0.25, -0.2) is 4.98 Å². The summed E-state index contributed by atoms with van der Waals surface area (Å²) in [5, 5.41) is 0. The van der Waals surface area contributed by atoms with Gasteiger partial charge in [-0.2, -0.15) is 0 Å². The summed E-state index contributed by atoms with van der Waals surface area (Å²) in [5.41, 5.74) is 0.684. The smallest absolute Gasteiger partial charge is 0.214 e. The molecule has 106 valence electrons. The number of nitrogens with zero attached hydrogens (tertiary/aromatic N) is 1. The lowest BCUT2D eigenvalue weighted by atomic mass is 9.91. The maximum Gasteiger partial charge on any atom is 0.214 e. The molecule has 0 spiro atoms. The minimum Gasteiger partial charge on any atom is -0.488 e. The molecule has 0 aromatic carbocycles. The van der Waals surface area contributed by atoms with Gasteiger partial charge in [0, 0.05) is 11.5 Å². The minimum absolute atomic E-state index is 0.0541. The average Bonchev–Trinajstić information content (AvgIpc) is 3.00. The molecule has 1 saturated carbocycles. The minimum atomic E-state index is -0.235. The molecule has 0 saturated heterocycles. The molecule has 0 atom stereocenters. The largest absolute Gasteiger partial charge is 0.488 e. The van der Waals surface area contributed by atoms with E-state index in [0.29, 0.717) is 12.0 Å². The highest BCUT2D eigenvalue weighted by Gasteiger charge is 2.28. The third-order valence-corrected chi connectivity index (χ3v) is 2.77. The van der Waals surface area contributed by atoms with E-state index in [1.54, 1.807) is 0 Å². The molecule has 0 bridgehead atoms. The molecular formula is C16H25NO2. The van der Waals surface area contributed by atoms with Crippen LogP contribution in [0.3, 0.4) is 0 Å². The summed E-state index contributed by atoms with van der Waals surface area (Å²) in [6.07, 6.45) is 2.70. The third kappa shape index (κ3) is 4.12. The second kappa shape index (κ2) is 4.69. The van der Waals surface area contributed by atoms with Crippen LogP contribution in [0.25, 0.3) is 0 Å². The summed E-state index contributed by atoms with van der Waals surface area (Å²) in [6, 6.07) is 3.89. The molecule has 1 aliphatic carbocycles. The molecule has 0 radical (unpaired) electrons. The summed E-state index contributed by atoms with van der Waals surface area (Å²) in [5.74, 6) is 1.57. The molecule has 19 heavy (non-hydrogen) atoms. The van der Waals surface area contributed by atoms with Crippen molar-refractivity contribution in [1.29, 1.82) is 0 Å². The predicted octanol–water partition coefficient (Wildman–Crippen LogP) is 4.10. The van der Waals surface area contributed by atoms with Gasteiger partial charge in [-0.1, -0.05) is 20.8 Å². The molecular weight excluding hydrogens is 238 g/mol. The highest BCUT2D eigenvalue weighted by Crippen LogP contribution is 2.35. The van der Waals surface area contributed by atoms with Crippen LogP contribution in [0.15, 0.2) is 12.1 Å². The first-order valence-electron chi connectivity index (χ1n) is 7.02. The predicted molar refractivity (Wildman–Crippen MR) is 77.0 cm³/mol. The second-order valence-electron chi connectivity index (χ2n) is 7.28.